The van der Waals surface area contributed by atoms with E-state index in [2.05, 4.69) is 31.3 Å². The minimum Gasteiger partial charge on any atom is -0.485 e. The molecule has 17 heavy (non-hydrogen) atoms. The number of nitrogens with one attached hydrogen (secondary N) is 1. The number of anilines is 1. The van der Waals surface area contributed by atoms with Gasteiger partial charge in [0.1, 0.15) is 6.10 Å². The molecule has 2 rings (SSSR count). The quantitative estimate of drug-likeness (QED) is 0.510. The summed E-state index contributed by atoms with van der Waals surface area (Å²) in [4.78, 5) is 2.71. The van der Waals surface area contributed by atoms with Crippen LogP contribution in [0.4, 0.5) is 5.69 Å². The molecule has 0 aromatic heterocycles. The molecule has 0 amide bonds. The van der Waals surface area contributed by atoms with E-state index in [1.807, 2.05) is 32.0 Å². The van der Waals surface area contributed by atoms with Crippen LogP contribution in [0.15, 0.2) is 27.8 Å². The fourth-order valence-corrected chi connectivity index (χ4v) is 1.89. The van der Waals surface area contributed by atoms with Crippen molar-refractivity contribution in [2.75, 3.05) is 18.4 Å². The molecule has 1 unspecified atom stereocenters. The van der Waals surface area contributed by atoms with Crippen LogP contribution in [0.1, 0.15) is 13.8 Å². The van der Waals surface area contributed by atoms with Gasteiger partial charge in [0.25, 0.3) is 0 Å². The van der Waals surface area contributed by atoms with Gasteiger partial charge in [-0.1, -0.05) is 25.0 Å². The smallest absolute Gasteiger partial charge is 0.157 e. The Kier molecular flexibility index (Phi) is 5.66. The highest BCUT2D eigenvalue weighted by atomic mass is 79.9. The van der Waals surface area contributed by atoms with Crippen LogP contribution < -0.4 is 10.1 Å². The summed E-state index contributed by atoms with van der Waals surface area (Å²) in [5, 5.41) is 6.72. The van der Waals surface area contributed by atoms with Gasteiger partial charge in [0.05, 0.1) is 23.2 Å². The Morgan fingerprint density at radius 1 is 1.59 bits per heavy atom. The normalized spacial score (nSPS) is 16.3. The van der Waals surface area contributed by atoms with E-state index in [9.17, 15) is 0 Å². The van der Waals surface area contributed by atoms with Gasteiger partial charge in [-0.15, -0.1) is 0 Å². The van der Waals surface area contributed by atoms with Crippen molar-refractivity contribution in [3.05, 3.63) is 33.1 Å². The fraction of sp³-hybridized carbons (Fsp3) is 0.455. The van der Waals surface area contributed by atoms with Crippen LogP contribution in [-0.4, -0.2) is 19.2 Å². The Labute approximate surface area is 109 Å². The average molecular weight is 299 g/mol. The third-order valence-corrected chi connectivity index (χ3v) is 2.74. The van der Waals surface area contributed by atoms with Crippen molar-refractivity contribution in [1.82, 2.24) is 0 Å². The van der Waals surface area contributed by atoms with Gasteiger partial charge in [-0.2, -0.15) is 0 Å². The standard InChI is InChI=1S/C9H9BrN4O.C2H6/c10-7-2-1-3-8-9(7)15-6(4-12-8)5-13-14-11;1-2/h1-3,6,12H,4-5H2;1-2H3. The Hall–Kier alpha value is -1.39. The van der Waals surface area contributed by atoms with E-state index >= 15 is 0 Å². The van der Waals surface area contributed by atoms with Crippen LogP contribution >= 0.6 is 15.9 Å². The van der Waals surface area contributed by atoms with Crippen LogP contribution in [0.3, 0.4) is 0 Å². The van der Waals surface area contributed by atoms with Crippen molar-refractivity contribution in [3.8, 4) is 5.75 Å². The molecular weight excluding hydrogens is 284 g/mol. The summed E-state index contributed by atoms with van der Waals surface area (Å²) >= 11 is 3.41. The maximum absolute atomic E-state index is 8.22. The predicted molar refractivity (Wildman–Crippen MR) is 72.4 cm³/mol. The average Bonchev–Trinajstić information content (AvgIpc) is 2.39. The minimum absolute atomic E-state index is 0.105. The number of halogens is 1. The molecule has 1 aromatic carbocycles. The Morgan fingerprint density at radius 2 is 2.35 bits per heavy atom. The van der Waals surface area contributed by atoms with Gasteiger partial charge in [0, 0.05) is 4.91 Å². The number of rotatable bonds is 2. The number of azide groups is 1. The summed E-state index contributed by atoms with van der Waals surface area (Å²) in [6.45, 7) is 4.99. The summed E-state index contributed by atoms with van der Waals surface area (Å²) in [5.74, 6) is 0.780. The molecule has 1 aliphatic rings. The van der Waals surface area contributed by atoms with Gasteiger partial charge in [0.2, 0.25) is 0 Å². The zero-order valence-corrected chi connectivity index (χ0v) is 11.4. The minimum atomic E-state index is -0.105. The first-order valence-electron chi connectivity index (χ1n) is 5.51. The Morgan fingerprint density at radius 3 is 3.06 bits per heavy atom. The maximum Gasteiger partial charge on any atom is 0.157 e. The second-order valence-corrected chi connectivity index (χ2v) is 4.01. The van der Waals surface area contributed by atoms with Gasteiger partial charge in [-0.3, -0.25) is 0 Å². The van der Waals surface area contributed by atoms with E-state index in [1.54, 1.807) is 0 Å². The van der Waals surface area contributed by atoms with Gasteiger partial charge < -0.3 is 10.1 Å². The third-order valence-electron chi connectivity index (χ3n) is 2.12. The van der Waals surface area contributed by atoms with Crippen molar-refractivity contribution in [2.45, 2.75) is 20.0 Å². The molecule has 0 saturated carbocycles. The summed E-state index contributed by atoms with van der Waals surface area (Å²) in [5.41, 5.74) is 9.18. The van der Waals surface area contributed by atoms with Crippen LogP contribution in [0.5, 0.6) is 5.75 Å². The topological polar surface area (TPSA) is 70.0 Å². The molecule has 0 radical (unpaired) electrons. The predicted octanol–water partition coefficient (Wildman–Crippen LogP) is 3.96. The number of ether oxygens (including phenoxy) is 1. The molecule has 1 atom stereocenters. The lowest BCUT2D eigenvalue weighted by molar-refractivity contribution is 0.212. The molecule has 0 aliphatic carbocycles. The van der Waals surface area contributed by atoms with Crippen molar-refractivity contribution in [3.63, 3.8) is 0 Å². The van der Waals surface area contributed by atoms with E-state index in [-0.39, 0.29) is 6.10 Å². The van der Waals surface area contributed by atoms with E-state index in [4.69, 9.17) is 10.3 Å². The molecule has 6 heteroatoms. The largest absolute Gasteiger partial charge is 0.485 e. The SMILES string of the molecule is CC.[N-]=[N+]=NCC1CNc2cccc(Br)c2O1. The molecule has 5 nitrogen and oxygen atoms in total. The summed E-state index contributed by atoms with van der Waals surface area (Å²) in [7, 11) is 0. The molecule has 1 heterocycles. The molecule has 0 bridgehead atoms. The third kappa shape index (κ3) is 3.54. The second kappa shape index (κ2) is 7.04. The molecule has 1 aliphatic heterocycles. The van der Waals surface area contributed by atoms with Crippen molar-refractivity contribution in [2.24, 2.45) is 5.11 Å². The maximum atomic E-state index is 8.22. The van der Waals surface area contributed by atoms with Crippen molar-refractivity contribution < 1.29 is 4.74 Å². The molecule has 0 spiro atoms. The van der Waals surface area contributed by atoms with E-state index in [0.717, 1.165) is 15.9 Å². The highest BCUT2D eigenvalue weighted by Gasteiger charge is 2.20. The van der Waals surface area contributed by atoms with Crippen molar-refractivity contribution in [1.29, 1.82) is 0 Å². The second-order valence-electron chi connectivity index (χ2n) is 3.15. The van der Waals surface area contributed by atoms with Crippen LogP contribution in [0.25, 0.3) is 10.4 Å². The fourth-order valence-electron chi connectivity index (χ4n) is 1.43. The lowest BCUT2D eigenvalue weighted by Gasteiger charge is -2.27. The molecule has 0 fully saturated rings. The number of fused-ring (bicyclic) bond motifs is 1. The first-order valence-corrected chi connectivity index (χ1v) is 6.30. The first kappa shape index (κ1) is 13.7. The van der Waals surface area contributed by atoms with E-state index in [1.165, 1.54) is 0 Å². The van der Waals surface area contributed by atoms with Gasteiger partial charge in [-0.25, -0.2) is 0 Å². The summed E-state index contributed by atoms with van der Waals surface area (Å²) in [6.07, 6.45) is -0.105. The molecule has 0 saturated heterocycles. The number of benzene rings is 1. The van der Waals surface area contributed by atoms with Gasteiger partial charge in [0.15, 0.2) is 5.75 Å². The van der Waals surface area contributed by atoms with Crippen molar-refractivity contribution >= 4 is 21.6 Å². The Bertz CT molecular complexity index is 418. The molecular formula is C11H15BrN4O. The van der Waals surface area contributed by atoms with E-state index in [0.29, 0.717) is 13.1 Å². The molecule has 92 valence electrons. The molecule has 1 N–H and O–H groups in total. The highest BCUT2D eigenvalue weighted by molar-refractivity contribution is 9.10. The zero-order chi connectivity index (χ0) is 12.7. The number of para-hydroxylation sites is 1. The van der Waals surface area contributed by atoms with Crippen LogP contribution in [0, 0.1) is 0 Å². The first-order chi connectivity index (χ1) is 8.31. The van der Waals surface area contributed by atoms with Gasteiger partial charge >= 0.3 is 0 Å². The molecule has 1 aromatic rings. The lowest BCUT2D eigenvalue weighted by atomic mass is 10.2. The van der Waals surface area contributed by atoms with Crippen LogP contribution in [0.2, 0.25) is 0 Å². The highest BCUT2D eigenvalue weighted by Crippen LogP contribution is 2.36. The summed E-state index contributed by atoms with van der Waals surface area (Å²) < 4.78 is 6.59. The number of nitrogens with zero attached hydrogens (tertiary/aromatic N) is 3. The lowest BCUT2D eigenvalue weighted by Crippen LogP contribution is -2.33. The number of hydrogen-bond acceptors (Lipinski definition) is 3. The van der Waals surface area contributed by atoms with E-state index < -0.39 is 0 Å². The zero-order valence-electron chi connectivity index (χ0n) is 9.85. The number of hydrogen-bond donors (Lipinski definition) is 1. The summed E-state index contributed by atoms with van der Waals surface area (Å²) in [6, 6.07) is 5.80. The Balaban J connectivity index is 0.000000686. The van der Waals surface area contributed by atoms with Crippen LogP contribution in [-0.2, 0) is 0 Å². The van der Waals surface area contributed by atoms with Gasteiger partial charge in [-0.05, 0) is 33.6 Å². The monoisotopic (exact) mass is 298 g/mol.